The van der Waals surface area contributed by atoms with Gasteiger partial charge in [-0.25, -0.2) is 0 Å². The van der Waals surface area contributed by atoms with E-state index in [1.807, 2.05) is 47.6 Å². The number of rotatable bonds is 0. The zero-order valence-corrected chi connectivity index (χ0v) is 8.55. The zero-order valence-electron chi connectivity index (χ0n) is 8.55. The summed E-state index contributed by atoms with van der Waals surface area (Å²) in [6.07, 6.45) is 2.03. The standard InChI is InChI=1S/C5H8N2.2C2H6/c1-4-3-5(2)7-6-4;2*1-2/h3-4H,1-2H3;2*1-2H3. The van der Waals surface area contributed by atoms with Crippen molar-refractivity contribution in [3.63, 3.8) is 0 Å². The van der Waals surface area contributed by atoms with Crippen LogP contribution in [0.2, 0.25) is 0 Å². The third kappa shape index (κ3) is 7.23. The molecule has 0 radical (unpaired) electrons. The Bertz CT molecular complexity index is 126. The highest BCUT2D eigenvalue weighted by Crippen LogP contribution is 2.09. The molecular weight excluding hydrogens is 136 g/mol. The molecule has 0 aromatic carbocycles. The third-order valence-electron chi connectivity index (χ3n) is 0.880. The Morgan fingerprint density at radius 3 is 1.73 bits per heavy atom. The quantitative estimate of drug-likeness (QED) is 0.509. The van der Waals surface area contributed by atoms with Crippen LogP contribution in [0.5, 0.6) is 0 Å². The first-order chi connectivity index (χ1) is 5.29. The molecule has 1 unspecified atom stereocenters. The van der Waals surface area contributed by atoms with Gasteiger partial charge in [0.2, 0.25) is 0 Å². The monoisotopic (exact) mass is 156 g/mol. The highest BCUT2D eigenvalue weighted by atomic mass is 15.1. The molecule has 0 saturated heterocycles. The molecule has 2 nitrogen and oxygen atoms in total. The van der Waals surface area contributed by atoms with E-state index >= 15 is 0 Å². The van der Waals surface area contributed by atoms with Crippen LogP contribution in [0.25, 0.3) is 0 Å². The smallest absolute Gasteiger partial charge is 0.0885 e. The van der Waals surface area contributed by atoms with E-state index in [9.17, 15) is 0 Å². The molecule has 0 bridgehead atoms. The summed E-state index contributed by atoms with van der Waals surface area (Å²) >= 11 is 0. The molecule has 1 aliphatic heterocycles. The lowest BCUT2D eigenvalue weighted by Crippen LogP contribution is -1.82. The summed E-state index contributed by atoms with van der Waals surface area (Å²) in [5.74, 6) is 0. The van der Waals surface area contributed by atoms with Gasteiger partial charge in [-0.3, -0.25) is 0 Å². The van der Waals surface area contributed by atoms with Gasteiger partial charge in [0, 0.05) is 0 Å². The van der Waals surface area contributed by atoms with E-state index < -0.39 is 0 Å². The van der Waals surface area contributed by atoms with E-state index in [2.05, 4.69) is 10.2 Å². The maximum absolute atomic E-state index is 3.85. The van der Waals surface area contributed by atoms with E-state index in [0.29, 0.717) is 6.04 Å². The lowest BCUT2D eigenvalue weighted by Gasteiger charge is -1.81. The predicted octanol–water partition coefficient (Wildman–Crippen LogP) is 3.80. The minimum absolute atomic E-state index is 0.319. The van der Waals surface area contributed by atoms with Crippen LogP contribution < -0.4 is 0 Å². The second kappa shape index (κ2) is 9.34. The summed E-state index contributed by atoms with van der Waals surface area (Å²) in [5, 5.41) is 7.65. The molecule has 0 amide bonds. The lowest BCUT2D eigenvalue weighted by molar-refractivity contribution is 0.892. The Labute approximate surface area is 70.4 Å². The van der Waals surface area contributed by atoms with Crippen LogP contribution in [0.4, 0.5) is 0 Å². The van der Waals surface area contributed by atoms with Gasteiger partial charge in [0.25, 0.3) is 0 Å². The molecule has 0 fully saturated rings. The fourth-order valence-electron chi connectivity index (χ4n) is 0.598. The van der Waals surface area contributed by atoms with Gasteiger partial charge in [-0.15, -0.1) is 0 Å². The van der Waals surface area contributed by atoms with Crippen molar-refractivity contribution in [2.24, 2.45) is 10.2 Å². The van der Waals surface area contributed by atoms with Crippen molar-refractivity contribution >= 4 is 0 Å². The molecule has 66 valence electrons. The number of azo groups is 1. The van der Waals surface area contributed by atoms with Gasteiger partial charge in [0.1, 0.15) is 0 Å². The molecule has 1 aliphatic rings. The second-order valence-electron chi connectivity index (χ2n) is 1.76. The van der Waals surface area contributed by atoms with E-state index in [4.69, 9.17) is 0 Å². The van der Waals surface area contributed by atoms with Gasteiger partial charge < -0.3 is 0 Å². The van der Waals surface area contributed by atoms with Crippen LogP contribution in [0.1, 0.15) is 41.5 Å². The van der Waals surface area contributed by atoms with E-state index in [0.717, 1.165) is 5.70 Å². The maximum Gasteiger partial charge on any atom is 0.0885 e. The Kier molecular flexibility index (Phi) is 11.0. The fraction of sp³-hybridized carbons (Fsp3) is 0.778. The van der Waals surface area contributed by atoms with Crippen molar-refractivity contribution in [1.29, 1.82) is 0 Å². The van der Waals surface area contributed by atoms with Crippen LogP contribution in [0.3, 0.4) is 0 Å². The molecular formula is C9H20N2. The van der Waals surface area contributed by atoms with Crippen LogP contribution >= 0.6 is 0 Å². The first-order valence-electron chi connectivity index (χ1n) is 4.38. The van der Waals surface area contributed by atoms with Gasteiger partial charge in [-0.2, -0.15) is 10.2 Å². The van der Waals surface area contributed by atoms with Gasteiger partial charge in [0.05, 0.1) is 11.7 Å². The van der Waals surface area contributed by atoms with Crippen LogP contribution in [0, 0.1) is 0 Å². The first-order valence-corrected chi connectivity index (χ1v) is 4.38. The Morgan fingerprint density at radius 2 is 1.64 bits per heavy atom. The zero-order chi connectivity index (χ0) is 9.28. The first kappa shape index (κ1) is 13.0. The van der Waals surface area contributed by atoms with E-state index in [-0.39, 0.29) is 0 Å². The van der Waals surface area contributed by atoms with Crippen molar-refractivity contribution < 1.29 is 0 Å². The van der Waals surface area contributed by atoms with Crippen LogP contribution in [-0.2, 0) is 0 Å². The Hall–Kier alpha value is -0.660. The summed E-state index contributed by atoms with van der Waals surface area (Å²) in [7, 11) is 0. The molecule has 0 saturated carbocycles. The fourth-order valence-corrected chi connectivity index (χ4v) is 0.598. The molecule has 1 rings (SSSR count). The van der Waals surface area contributed by atoms with Gasteiger partial charge in [0.15, 0.2) is 0 Å². The number of allylic oxidation sites excluding steroid dienone is 1. The Morgan fingerprint density at radius 1 is 1.18 bits per heavy atom. The molecule has 0 spiro atoms. The summed E-state index contributed by atoms with van der Waals surface area (Å²) < 4.78 is 0. The SMILES string of the molecule is CC.CC.CC1=CC(C)N=N1. The van der Waals surface area contributed by atoms with Crippen molar-refractivity contribution in [2.75, 3.05) is 0 Å². The molecule has 0 N–H and O–H groups in total. The number of hydrogen-bond acceptors (Lipinski definition) is 2. The number of nitrogens with zero attached hydrogens (tertiary/aromatic N) is 2. The van der Waals surface area contributed by atoms with Gasteiger partial charge in [-0.05, 0) is 19.9 Å². The maximum atomic E-state index is 3.85. The summed E-state index contributed by atoms with van der Waals surface area (Å²) in [6, 6.07) is 0.319. The molecule has 1 heterocycles. The van der Waals surface area contributed by atoms with Crippen LogP contribution in [0.15, 0.2) is 22.0 Å². The highest BCUT2D eigenvalue weighted by Gasteiger charge is 1.99. The molecule has 0 aromatic rings. The average Bonchev–Trinajstić information content (AvgIpc) is 2.43. The van der Waals surface area contributed by atoms with Crippen molar-refractivity contribution in [3.05, 3.63) is 11.8 Å². The topological polar surface area (TPSA) is 24.7 Å². The van der Waals surface area contributed by atoms with Crippen LogP contribution in [-0.4, -0.2) is 6.04 Å². The van der Waals surface area contributed by atoms with E-state index in [1.54, 1.807) is 0 Å². The minimum atomic E-state index is 0.319. The predicted molar refractivity (Wildman–Crippen MR) is 50.8 cm³/mol. The molecule has 2 heteroatoms. The number of hydrogen-bond donors (Lipinski definition) is 0. The van der Waals surface area contributed by atoms with Crippen molar-refractivity contribution in [2.45, 2.75) is 47.6 Å². The van der Waals surface area contributed by atoms with Crippen molar-refractivity contribution in [1.82, 2.24) is 0 Å². The third-order valence-corrected chi connectivity index (χ3v) is 0.880. The molecule has 11 heavy (non-hydrogen) atoms. The summed E-state index contributed by atoms with van der Waals surface area (Å²) in [5.41, 5.74) is 1.03. The largest absolute Gasteiger partial charge is 0.182 e. The highest BCUT2D eigenvalue weighted by molar-refractivity contribution is 5.04. The van der Waals surface area contributed by atoms with Gasteiger partial charge >= 0.3 is 0 Å². The molecule has 0 aromatic heterocycles. The lowest BCUT2D eigenvalue weighted by atomic mass is 10.3. The Balaban J connectivity index is 0. The molecule has 1 atom stereocenters. The van der Waals surface area contributed by atoms with E-state index in [1.165, 1.54) is 0 Å². The summed E-state index contributed by atoms with van der Waals surface area (Å²) in [6.45, 7) is 12.0. The average molecular weight is 156 g/mol. The molecule has 0 aliphatic carbocycles. The second-order valence-corrected chi connectivity index (χ2v) is 1.76. The normalized spacial score (nSPS) is 19.1. The minimum Gasteiger partial charge on any atom is -0.182 e. The van der Waals surface area contributed by atoms with Gasteiger partial charge in [-0.1, -0.05) is 27.7 Å². The summed E-state index contributed by atoms with van der Waals surface area (Å²) in [4.78, 5) is 0. The van der Waals surface area contributed by atoms with Crippen molar-refractivity contribution in [3.8, 4) is 0 Å².